The molecule has 9 heteroatoms. The molecule has 6 nitrogen and oxygen atoms in total. The molecule has 0 bridgehead atoms. The van der Waals surface area contributed by atoms with Crippen LogP contribution in [0.25, 0.3) is 0 Å². The Hall–Kier alpha value is -1.77. The number of anilines is 2. The third-order valence-corrected chi connectivity index (χ3v) is 3.12. The summed E-state index contributed by atoms with van der Waals surface area (Å²) in [5, 5.41) is 5.06. The number of amides is 1. The van der Waals surface area contributed by atoms with E-state index in [1.165, 1.54) is 26.1 Å². The van der Waals surface area contributed by atoms with Crippen molar-refractivity contribution in [2.75, 3.05) is 17.2 Å². The predicted molar refractivity (Wildman–Crippen MR) is 80.9 cm³/mol. The number of hydrogen-bond donors (Lipinski definition) is 2. The molecule has 0 radical (unpaired) electrons. The monoisotopic (exact) mass is 379 g/mol. The van der Waals surface area contributed by atoms with Crippen molar-refractivity contribution in [2.24, 2.45) is 0 Å². The lowest BCUT2D eigenvalue weighted by Gasteiger charge is -2.23. The summed E-state index contributed by atoms with van der Waals surface area (Å²) >= 11 is 3.13. The number of rotatable bonds is 6. The summed E-state index contributed by atoms with van der Waals surface area (Å²) < 4.78 is 31.5. The quantitative estimate of drug-likeness (QED) is 0.586. The van der Waals surface area contributed by atoms with Gasteiger partial charge in [0.25, 0.3) is 11.8 Å². The second kappa shape index (κ2) is 7.48. The Kier molecular flexibility index (Phi) is 6.21. The number of alkyl halides is 2. The molecule has 22 heavy (non-hydrogen) atoms. The molecule has 1 aromatic rings. The first-order valence-corrected chi connectivity index (χ1v) is 7.12. The third-order valence-electron chi connectivity index (χ3n) is 2.68. The van der Waals surface area contributed by atoms with Crippen LogP contribution < -0.4 is 10.6 Å². The summed E-state index contributed by atoms with van der Waals surface area (Å²) in [5.41, 5.74) is 0.475. The number of pyridine rings is 1. The average molecular weight is 380 g/mol. The number of hydrogen-bond acceptors (Lipinski definition) is 5. The van der Waals surface area contributed by atoms with Gasteiger partial charge in [-0.1, -0.05) is 0 Å². The Morgan fingerprint density at radius 2 is 2.09 bits per heavy atom. The normalized spacial score (nSPS) is 12.5. The molecule has 1 aromatic heterocycles. The van der Waals surface area contributed by atoms with Gasteiger partial charge in [0.05, 0.1) is 23.6 Å². The van der Waals surface area contributed by atoms with Crippen LogP contribution in [0.15, 0.2) is 16.9 Å². The van der Waals surface area contributed by atoms with E-state index >= 15 is 0 Å². The van der Waals surface area contributed by atoms with Gasteiger partial charge in [-0.15, -0.1) is 0 Å². The van der Waals surface area contributed by atoms with E-state index in [1.807, 2.05) is 0 Å². The smallest absolute Gasteiger partial charge is 0.303 e. The van der Waals surface area contributed by atoms with Crippen molar-refractivity contribution < 1.29 is 23.1 Å². The number of aromatic nitrogens is 1. The van der Waals surface area contributed by atoms with Gasteiger partial charge in [0.1, 0.15) is 4.60 Å². The highest BCUT2D eigenvalue weighted by Gasteiger charge is 2.30. The molecule has 0 aromatic carbocycles. The predicted octanol–water partition coefficient (Wildman–Crippen LogP) is 2.80. The highest BCUT2D eigenvalue weighted by Crippen LogP contribution is 2.28. The molecule has 1 heterocycles. The molecular weight excluding hydrogens is 364 g/mol. The zero-order valence-corrected chi connectivity index (χ0v) is 13.8. The number of ether oxygens (including phenoxy) is 1. The standard InChI is InChI=1S/C13H16BrF2N3O3/c1-7(13(3,15)16)18-9-4-11(14)17-5-10(9)19-12(21)6-22-8(2)20/h4-5,7H,6H2,1-3H3,(H,17,18)(H,19,21)/t7-/m0/s1. The zero-order chi connectivity index (χ0) is 16.9. The number of carbonyl (C=O) groups is 2. The summed E-state index contributed by atoms with van der Waals surface area (Å²) in [7, 11) is 0. The van der Waals surface area contributed by atoms with Crippen molar-refractivity contribution in [2.45, 2.75) is 32.7 Å². The number of carbonyl (C=O) groups excluding carboxylic acids is 2. The van der Waals surface area contributed by atoms with E-state index in [2.05, 4.69) is 36.3 Å². The summed E-state index contributed by atoms with van der Waals surface area (Å²) in [6.45, 7) is 2.81. The molecule has 1 amide bonds. The fraction of sp³-hybridized carbons (Fsp3) is 0.462. The van der Waals surface area contributed by atoms with Crippen molar-refractivity contribution in [3.05, 3.63) is 16.9 Å². The SMILES string of the molecule is CC(=O)OCC(=O)Nc1cnc(Br)cc1N[C@@H](C)C(C)(F)F. The largest absolute Gasteiger partial charge is 0.456 e. The molecule has 1 atom stereocenters. The first kappa shape index (κ1) is 18.3. The summed E-state index contributed by atoms with van der Waals surface area (Å²) in [6.07, 6.45) is 1.30. The van der Waals surface area contributed by atoms with Crippen LogP contribution in [-0.4, -0.2) is 35.4 Å². The van der Waals surface area contributed by atoms with Crippen LogP contribution in [0, 0.1) is 0 Å². The highest BCUT2D eigenvalue weighted by atomic mass is 79.9. The molecule has 2 N–H and O–H groups in total. The van der Waals surface area contributed by atoms with Crippen molar-refractivity contribution in [3.63, 3.8) is 0 Å². The van der Waals surface area contributed by atoms with Crippen molar-refractivity contribution in [1.82, 2.24) is 4.98 Å². The molecule has 0 unspecified atom stereocenters. The Balaban J connectivity index is 2.86. The molecule has 1 rings (SSSR count). The van der Waals surface area contributed by atoms with Crippen molar-refractivity contribution in [1.29, 1.82) is 0 Å². The van der Waals surface area contributed by atoms with Gasteiger partial charge in [-0.3, -0.25) is 9.59 Å². The average Bonchev–Trinajstić information content (AvgIpc) is 2.38. The lowest BCUT2D eigenvalue weighted by atomic mass is 10.2. The van der Waals surface area contributed by atoms with E-state index < -0.39 is 30.4 Å². The first-order valence-electron chi connectivity index (χ1n) is 6.32. The lowest BCUT2D eigenvalue weighted by Crippen LogP contribution is -2.34. The molecule has 0 saturated carbocycles. The molecule has 0 aliphatic rings. The lowest BCUT2D eigenvalue weighted by molar-refractivity contribution is -0.144. The molecule has 0 saturated heterocycles. The summed E-state index contributed by atoms with van der Waals surface area (Å²) in [6, 6.07) is 0.301. The number of esters is 1. The van der Waals surface area contributed by atoms with Gasteiger partial charge in [0.15, 0.2) is 6.61 Å². The Morgan fingerprint density at radius 1 is 1.45 bits per heavy atom. The molecule has 0 fully saturated rings. The van der Waals surface area contributed by atoms with E-state index in [9.17, 15) is 18.4 Å². The fourth-order valence-electron chi connectivity index (χ4n) is 1.36. The Morgan fingerprint density at radius 3 is 2.64 bits per heavy atom. The summed E-state index contributed by atoms with van der Waals surface area (Å²) in [4.78, 5) is 26.2. The minimum atomic E-state index is -2.95. The topological polar surface area (TPSA) is 80.3 Å². The van der Waals surface area contributed by atoms with Crippen LogP contribution in [-0.2, 0) is 14.3 Å². The minimum Gasteiger partial charge on any atom is -0.456 e. The zero-order valence-electron chi connectivity index (χ0n) is 12.2. The number of nitrogens with zero attached hydrogens (tertiary/aromatic N) is 1. The second-order valence-corrected chi connectivity index (χ2v) is 5.52. The molecule has 0 aliphatic heterocycles. The van der Waals surface area contributed by atoms with E-state index in [4.69, 9.17) is 0 Å². The van der Waals surface area contributed by atoms with Crippen LogP contribution in [0.4, 0.5) is 20.2 Å². The maximum Gasteiger partial charge on any atom is 0.303 e. The van der Waals surface area contributed by atoms with Crippen molar-refractivity contribution >= 4 is 39.2 Å². The molecule has 0 spiro atoms. The van der Waals surface area contributed by atoms with Gasteiger partial charge in [0, 0.05) is 13.8 Å². The van der Waals surface area contributed by atoms with Crippen LogP contribution in [0.5, 0.6) is 0 Å². The first-order chi connectivity index (χ1) is 10.1. The van der Waals surface area contributed by atoms with E-state index in [0.29, 0.717) is 4.60 Å². The van der Waals surface area contributed by atoms with Gasteiger partial charge >= 0.3 is 5.97 Å². The van der Waals surface area contributed by atoms with Gasteiger partial charge in [-0.05, 0) is 28.9 Å². The minimum absolute atomic E-state index is 0.205. The van der Waals surface area contributed by atoms with E-state index in [1.54, 1.807) is 0 Å². The van der Waals surface area contributed by atoms with Gasteiger partial charge < -0.3 is 15.4 Å². The highest BCUT2D eigenvalue weighted by molar-refractivity contribution is 9.10. The Labute approximate surface area is 134 Å². The van der Waals surface area contributed by atoms with Gasteiger partial charge in [0.2, 0.25) is 0 Å². The van der Waals surface area contributed by atoms with Crippen LogP contribution >= 0.6 is 15.9 Å². The number of nitrogens with one attached hydrogen (secondary N) is 2. The second-order valence-electron chi connectivity index (χ2n) is 4.70. The molecular formula is C13H16BrF2N3O3. The maximum absolute atomic E-state index is 13.3. The third kappa shape index (κ3) is 5.92. The van der Waals surface area contributed by atoms with Crippen LogP contribution in [0.1, 0.15) is 20.8 Å². The van der Waals surface area contributed by atoms with Gasteiger partial charge in [-0.25, -0.2) is 13.8 Å². The summed E-state index contributed by atoms with van der Waals surface area (Å²) in [5.74, 6) is -4.14. The maximum atomic E-state index is 13.3. The van der Waals surface area contributed by atoms with E-state index in [-0.39, 0.29) is 11.4 Å². The van der Waals surface area contributed by atoms with Crippen LogP contribution in [0.3, 0.4) is 0 Å². The number of halogens is 3. The van der Waals surface area contributed by atoms with E-state index in [0.717, 1.165) is 6.92 Å². The van der Waals surface area contributed by atoms with Crippen LogP contribution in [0.2, 0.25) is 0 Å². The molecule has 0 aliphatic carbocycles. The molecule has 122 valence electrons. The van der Waals surface area contributed by atoms with Gasteiger partial charge in [-0.2, -0.15) is 0 Å². The Bertz CT molecular complexity index is 564. The fourth-order valence-corrected chi connectivity index (χ4v) is 1.69. The van der Waals surface area contributed by atoms with Crippen molar-refractivity contribution in [3.8, 4) is 0 Å².